The number of fused-ring (bicyclic) bond motifs is 3. The van der Waals surface area contributed by atoms with Gasteiger partial charge in [0.2, 0.25) is 16.6 Å². The zero-order valence-electron chi connectivity index (χ0n) is 26.7. The lowest BCUT2D eigenvalue weighted by atomic mass is 9.82. The van der Waals surface area contributed by atoms with Gasteiger partial charge in [-0.25, -0.2) is 0 Å². The molecule has 3 aromatic heterocycles. The largest absolute Gasteiger partial charge is 0.212 e. The van der Waals surface area contributed by atoms with Crippen molar-refractivity contribution in [1.29, 1.82) is 0 Å². The van der Waals surface area contributed by atoms with E-state index in [1.165, 1.54) is 66.1 Å². The summed E-state index contributed by atoms with van der Waals surface area (Å²) in [5.74, 6) is 0. The van der Waals surface area contributed by atoms with Gasteiger partial charge in [0, 0.05) is 69.2 Å². The second kappa shape index (κ2) is 12.6. The van der Waals surface area contributed by atoms with E-state index in [1.54, 1.807) is 0 Å². The van der Waals surface area contributed by atoms with E-state index in [0.29, 0.717) is 0 Å². The predicted molar refractivity (Wildman–Crippen MR) is 184 cm³/mol. The Morgan fingerprint density at radius 1 is 0.333 bits per heavy atom. The van der Waals surface area contributed by atoms with Crippen LogP contribution in [0.15, 0.2) is 128 Å². The minimum atomic E-state index is 0.859. The topological polar surface area (TPSA) is 11.6 Å². The minimum Gasteiger partial charge on any atom is -0.194 e. The first kappa shape index (κ1) is 28.9. The summed E-state index contributed by atoms with van der Waals surface area (Å²) in [6.45, 7) is 9.62. The van der Waals surface area contributed by atoms with Crippen molar-refractivity contribution in [2.24, 2.45) is 0 Å². The fourth-order valence-corrected chi connectivity index (χ4v) is 7.53. The average Bonchev–Trinajstić information content (AvgIpc) is 3.09. The Morgan fingerprint density at radius 2 is 0.600 bits per heavy atom. The number of hydrogen-bond donors (Lipinski definition) is 0. The van der Waals surface area contributed by atoms with Gasteiger partial charge in [0.05, 0.1) is 0 Å². The summed E-state index contributed by atoms with van der Waals surface area (Å²) in [5, 5.41) is 3.83. The summed E-state index contributed by atoms with van der Waals surface area (Å²) in [6.07, 6.45) is 9.78. The highest BCUT2D eigenvalue weighted by molar-refractivity contribution is 5.76. The van der Waals surface area contributed by atoms with Gasteiger partial charge in [-0.15, -0.1) is 0 Å². The van der Waals surface area contributed by atoms with Crippen LogP contribution in [0.4, 0.5) is 0 Å². The molecule has 3 heterocycles. The number of benzene rings is 4. The van der Waals surface area contributed by atoms with Crippen molar-refractivity contribution in [2.45, 2.75) is 59.7 Å². The summed E-state index contributed by atoms with van der Waals surface area (Å²) in [4.78, 5) is 0. The van der Waals surface area contributed by atoms with Crippen molar-refractivity contribution in [1.82, 2.24) is 0 Å². The van der Waals surface area contributed by atoms with Crippen LogP contribution in [0.3, 0.4) is 0 Å². The van der Waals surface area contributed by atoms with Crippen LogP contribution >= 0.6 is 0 Å². The van der Waals surface area contributed by atoms with Crippen LogP contribution in [0, 0.1) is 0 Å². The molecular formula is C42H42N3+3. The van der Waals surface area contributed by atoms with Crippen molar-refractivity contribution in [3.63, 3.8) is 0 Å². The molecule has 45 heavy (non-hydrogen) atoms. The van der Waals surface area contributed by atoms with Crippen molar-refractivity contribution in [2.75, 3.05) is 0 Å². The molecule has 0 saturated heterocycles. The summed E-state index contributed by atoms with van der Waals surface area (Å²) in [6, 6.07) is 39.6. The SMILES string of the molecule is CCc1c(C[n+]2cccc3ccccc32)c(CC)c(C[n+]2cccc3ccccc32)c(CC)c1C[n+]1cccc2ccccc21. The molecule has 3 nitrogen and oxygen atoms in total. The van der Waals surface area contributed by atoms with Crippen LogP contribution in [-0.4, -0.2) is 0 Å². The smallest absolute Gasteiger partial charge is 0.194 e. The average molecular weight is 589 g/mol. The van der Waals surface area contributed by atoms with Gasteiger partial charge >= 0.3 is 0 Å². The van der Waals surface area contributed by atoms with Gasteiger partial charge in [0.15, 0.2) is 38.2 Å². The van der Waals surface area contributed by atoms with Gasteiger partial charge in [0.25, 0.3) is 0 Å². The molecule has 0 aliphatic heterocycles. The first-order valence-corrected chi connectivity index (χ1v) is 16.5. The van der Waals surface area contributed by atoms with Crippen molar-refractivity contribution in [3.05, 3.63) is 161 Å². The van der Waals surface area contributed by atoms with Crippen molar-refractivity contribution in [3.8, 4) is 0 Å². The molecule has 7 rings (SSSR count). The van der Waals surface area contributed by atoms with Crippen LogP contribution in [-0.2, 0) is 38.9 Å². The maximum atomic E-state index is 2.46. The minimum absolute atomic E-state index is 0.859. The molecule has 0 aliphatic rings. The van der Waals surface area contributed by atoms with Crippen molar-refractivity contribution < 1.29 is 13.7 Å². The number of pyridine rings is 3. The van der Waals surface area contributed by atoms with E-state index in [-0.39, 0.29) is 0 Å². The maximum absolute atomic E-state index is 2.46. The Hall–Kier alpha value is -4.89. The Morgan fingerprint density at radius 3 is 0.889 bits per heavy atom. The fourth-order valence-electron chi connectivity index (χ4n) is 7.53. The summed E-state index contributed by atoms with van der Waals surface area (Å²) < 4.78 is 7.37. The maximum Gasteiger partial charge on any atom is 0.212 e. The van der Waals surface area contributed by atoms with E-state index < -0.39 is 0 Å². The van der Waals surface area contributed by atoms with E-state index >= 15 is 0 Å². The number of aromatic nitrogens is 3. The van der Waals surface area contributed by atoms with E-state index in [4.69, 9.17) is 0 Å². The van der Waals surface area contributed by atoms with E-state index in [2.05, 4.69) is 162 Å². The van der Waals surface area contributed by atoms with Crippen LogP contribution in [0.25, 0.3) is 32.7 Å². The third-order valence-corrected chi connectivity index (χ3v) is 9.60. The lowest BCUT2D eigenvalue weighted by Crippen LogP contribution is -2.40. The molecule has 0 fully saturated rings. The Labute approximate surface area is 266 Å². The molecule has 0 radical (unpaired) electrons. The molecular weight excluding hydrogens is 546 g/mol. The Kier molecular flexibility index (Phi) is 8.09. The highest BCUT2D eigenvalue weighted by Gasteiger charge is 2.28. The second-order valence-electron chi connectivity index (χ2n) is 12.0. The summed E-state index contributed by atoms with van der Waals surface area (Å²) in [7, 11) is 0. The van der Waals surface area contributed by atoms with Gasteiger partial charge in [-0.1, -0.05) is 57.2 Å². The van der Waals surface area contributed by atoms with E-state index in [9.17, 15) is 0 Å². The zero-order valence-corrected chi connectivity index (χ0v) is 26.7. The highest BCUT2D eigenvalue weighted by atomic mass is 15.0. The molecule has 0 saturated carbocycles. The molecule has 0 bridgehead atoms. The standard InChI is InChI=1S/C42H42N3/c1-4-34-37(28-43-25-13-19-31-16-7-10-22-40(31)43)35(5-2)39(30-45-27-15-21-33-18-9-12-24-42(33)45)36(6-3)38(34)29-44-26-14-20-32-17-8-11-23-41(32)44/h7-27H,4-6,28-30H2,1-3H3/q+3. The number of nitrogens with zero attached hydrogens (tertiary/aromatic N) is 3. The van der Waals surface area contributed by atoms with Crippen LogP contribution < -0.4 is 13.7 Å². The molecule has 3 heteroatoms. The molecule has 0 atom stereocenters. The van der Waals surface area contributed by atoms with Gasteiger partial charge in [-0.3, -0.25) is 0 Å². The van der Waals surface area contributed by atoms with Crippen LogP contribution in [0.5, 0.6) is 0 Å². The van der Waals surface area contributed by atoms with Gasteiger partial charge < -0.3 is 0 Å². The lowest BCUT2D eigenvalue weighted by molar-refractivity contribution is -0.664. The summed E-state index contributed by atoms with van der Waals surface area (Å²) in [5.41, 5.74) is 12.8. The molecule has 222 valence electrons. The van der Waals surface area contributed by atoms with Crippen LogP contribution in [0.1, 0.15) is 54.2 Å². The van der Waals surface area contributed by atoms with Gasteiger partial charge in [0.1, 0.15) is 0 Å². The third kappa shape index (κ3) is 5.37. The normalized spacial score (nSPS) is 11.5. The third-order valence-electron chi connectivity index (χ3n) is 9.60. The van der Waals surface area contributed by atoms with Crippen LogP contribution in [0.2, 0.25) is 0 Å². The molecule has 0 N–H and O–H groups in total. The van der Waals surface area contributed by atoms with Gasteiger partial charge in [-0.2, -0.15) is 13.7 Å². The predicted octanol–water partition coefficient (Wildman–Crippen LogP) is 7.84. The monoisotopic (exact) mass is 588 g/mol. The Balaban J connectivity index is 1.49. The first-order chi connectivity index (χ1) is 22.2. The fraction of sp³-hybridized carbons (Fsp3) is 0.214. The Bertz CT molecular complexity index is 1880. The second-order valence-corrected chi connectivity index (χ2v) is 12.0. The number of para-hydroxylation sites is 3. The molecule has 0 unspecified atom stereocenters. The van der Waals surface area contributed by atoms with E-state index in [1.807, 2.05) is 0 Å². The van der Waals surface area contributed by atoms with E-state index in [0.717, 1.165) is 38.9 Å². The highest BCUT2D eigenvalue weighted by Crippen LogP contribution is 2.31. The molecule has 0 spiro atoms. The lowest BCUT2D eigenvalue weighted by Gasteiger charge is -2.23. The van der Waals surface area contributed by atoms with Gasteiger partial charge in [-0.05, 0) is 72.4 Å². The zero-order chi connectivity index (χ0) is 30.8. The molecule has 4 aromatic carbocycles. The molecule has 0 amide bonds. The van der Waals surface area contributed by atoms with Crippen molar-refractivity contribution >= 4 is 32.7 Å². The molecule has 0 aliphatic carbocycles. The first-order valence-electron chi connectivity index (χ1n) is 16.5. The number of rotatable bonds is 9. The summed E-state index contributed by atoms with van der Waals surface area (Å²) >= 11 is 0. The quantitative estimate of drug-likeness (QED) is 0.152. The number of hydrogen-bond acceptors (Lipinski definition) is 0. The molecule has 7 aromatic rings.